The molecule has 1 amide bonds. The van der Waals surface area contributed by atoms with Crippen molar-refractivity contribution in [3.05, 3.63) is 28.8 Å². The summed E-state index contributed by atoms with van der Waals surface area (Å²) >= 11 is 5.91. The Morgan fingerprint density at radius 3 is 2.83 bits per heavy atom. The molecule has 1 aromatic carbocycles. The van der Waals surface area contributed by atoms with E-state index in [2.05, 4.69) is 5.32 Å². The van der Waals surface area contributed by atoms with Crippen molar-refractivity contribution in [2.45, 2.75) is 6.42 Å². The molecule has 0 aliphatic carbocycles. The largest absolute Gasteiger partial charge is 0.478 e. The van der Waals surface area contributed by atoms with Crippen LogP contribution in [0.2, 0.25) is 5.02 Å². The third-order valence-corrected chi connectivity index (χ3v) is 3.10. The standard InChI is InChI=1S/C12H12ClNO4/c13-9-2-1-7(12(16)17)5-10(9)14-11(15)8-3-4-18-6-8/h1-2,5,8H,3-4,6H2,(H,14,15)(H,16,17). The average Bonchev–Trinajstić information content (AvgIpc) is 2.85. The molecule has 0 radical (unpaired) electrons. The van der Waals surface area contributed by atoms with E-state index in [0.717, 1.165) is 0 Å². The zero-order valence-electron chi connectivity index (χ0n) is 9.48. The van der Waals surface area contributed by atoms with Crippen molar-refractivity contribution in [1.82, 2.24) is 0 Å². The molecule has 1 fully saturated rings. The number of benzene rings is 1. The predicted octanol–water partition coefficient (Wildman–Crippen LogP) is 2.01. The molecule has 1 aliphatic rings. The first-order chi connectivity index (χ1) is 8.58. The number of hydrogen-bond acceptors (Lipinski definition) is 3. The first-order valence-corrected chi connectivity index (χ1v) is 5.87. The summed E-state index contributed by atoms with van der Waals surface area (Å²) < 4.78 is 5.12. The van der Waals surface area contributed by atoms with Crippen LogP contribution in [0.3, 0.4) is 0 Å². The molecule has 2 rings (SSSR count). The van der Waals surface area contributed by atoms with Gasteiger partial charge in [0.25, 0.3) is 0 Å². The number of carboxylic acids is 1. The highest BCUT2D eigenvalue weighted by atomic mass is 35.5. The second-order valence-electron chi connectivity index (χ2n) is 4.05. The minimum atomic E-state index is -1.06. The van der Waals surface area contributed by atoms with E-state index in [1.54, 1.807) is 0 Å². The summed E-state index contributed by atoms with van der Waals surface area (Å²) in [5.74, 6) is -1.46. The summed E-state index contributed by atoms with van der Waals surface area (Å²) in [6.07, 6.45) is 0.669. The highest BCUT2D eigenvalue weighted by Gasteiger charge is 2.24. The average molecular weight is 270 g/mol. The Morgan fingerprint density at radius 2 is 2.22 bits per heavy atom. The summed E-state index contributed by atoms with van der Waals surface area (Å²) in [5.41, 5.74) is 0.394. The lowest BCUT2D eigenvalue weighted by Crippen LogP contribution is -2.23. The summed E-state index contributed by atoms with van der Waals surface area (Å²) in [4.78, 5) is 22.7. The number of carbonyl (C=O) groups excluding carboxylic acids is 1. The Labute approximate surface area is 109 Å². The first-order valence-electron chi connectivity index (χ1n) is 5.49. The molecule has 5 nitrogen and oxygen atoms in total. The molecular weight excluding hydrogens is 258 g/mol. The maximum atomic E-state index is 11.9. The number of carboxylic acid groups (broad SMARTS) is 1. The number of amides is 1. The summed E-state index contributed by atoms with van der Waals surface area (Å²) in [6, 6.07) is 4.18. The van der Waals surface area contributed by atoms with Gasteiger partial charge in [-0.25, -0.2) is 4.79 Å². The van der Waals surface area contributed by atoms with Crippen LogP contribution in [0.1, 0.15) is 16.8 Å². The topological polar surface area (TPSA) is 75.6 Å². The quantitative estimate of drug-likeness (QED) is 0.880. The van der Waals surface area contributed by atoms with Crippen LogP contribution in [0, 0.1) is 5.92 Å². The van der Waals surface area contributed by atoms with Crippen LogP contribution < -0.4 is 5.32 Å². The van der Waals surface area contributed by atoms with E-state index in [1.807, 2.05) is 0 Å². The molecule has 0 saturated carbocycles. The van der Waals surface area contributed by atoms with Crippen molar-refractivity contribution in [2.75, 3.05) is 18.5 Å². The molecule has 1 saturated heterocycles. The Hall–Kier alpha value is -1.59. The number of anilines is 1. The molecule has 1 unspecified atom stereocenters. The van der Waals surface area contributed by atoms with Gasteiger partial charge in [0.2, 0.25) is 5.91 Å². The monoisotopic (exact) mass is 269 g/mol. The third-order valence-electron chi connectivity index (χ3n) is 2.77. The second-order valence-corrected chi connectivity index (χ2v) is 4.46. The number of rotatable bonds is 3. The fraction of sp³-hybridized carbons (Fsp3) is 0.333. The molecule has 0 aromatic heterocycles. The molecule has 0 spiro atoms. The van der Waals surface area contributed by atoms with E-state index in [1.165, 1.54) is 18.2 Å². The zero-order valence-corrected chi connectivity index (χ0v) is 10.2. The normalized spacial score (nSPS) is 18.6. The molecule has 1 atom stereocenters. The van der Waals surface area contributed by atoms with Crippen LogP contribution in [-0.2, 0) is 9.53 Å². The van der Waals surface area contributed by atoms with Gasteiger partial charge in [-0.2, -0.15) is 0 Å². The van der Waals surface area contributed by atoms with Crippen molar-refractivity contribution < 1.29 is 19.4 Å². The number of halogens is 1. The SMILES string of the molecule is O=C(O)c1ccc(Cl)c(NC(=O)C2CCOC2)c1. The van der Waals surface area contributed by atoms with Crippen LogP contribution in [0.15, 0.2) is 18.2 Å². The van der Waals surface area contributed by atoms with Crippen LogP contribution in [0.25, 0.3) is 0 Å². The van der Waals surface area contributed by atoms with Crippen molar-refractivity contribution in [1.29, 1.82) is 0 Å². The van der Waals surface area contributed by atoms with Crippen LogP contribution >= 0.6 is 11.6 Å². The minimum Gasteiger partial charge on any atom is -0.478 e. The number of ether oxygens (including phenoxy) is 1. The van der Waals surface area contributed by atoms with E-state index in [4.69, 9.17) is 21.4 Å². The van der Waals surface area contributed by atoms with Crippen LogP contribution in [-0.4, -0.2) is 30.2 Å². The van der Waals surface area contributed by atoms with Gasteiger partial charge in [-0.05, 0) is 24.6 Å². The number of carbonyl (C=O) groups is 2. The molecule has 0 bridgehead atoms. The summed E-state index contributed by atoms with van der Waals surface area (Å²) in [6.45, 7) is 0.961. The van der Waals surface area contributed by atoms with Gasteiger partial charge in [-0.3, -0.25) is 4.79 Å². The van der Waals surface area contributed by atoms with Crippen molar-refractivity contribution in [2.24, 2.45) is 5.92 Å². The number of aromatic carboxylic acids is 1. The van der Waals surface area contributed by atoms with Crippen LogP contribution in [0.5, 0.6) is 0 Å². The fourth-order valence-corrected chi connectivity index (χ4v) is 1.89. The molecule has 6 heteroatoms. The predicted molar refractivity (Wildman–Crippen MR) is 66.0 cm³/mol. The van der Waals surface area contributed by atoms with Gasteiger partial charge in [0.15, 0.2) is 0 Å². The third kappa shape index (κ3) is 2.80. The Balaban J connectivity index is 2.14. The van der Waals surface area contributed by atoms with Gasteiger partial charge in [0, 0.05) is 6.61 Å². The lowest BCUT2D eigenvalue weighted by molar-refractivity contribution is -0.119. The maximum Gasteiger partial charge on any atom is 0.335 e. The molecule has 96 valence electrons. The Kier molecular flexibility index (Phi) is 3.84. The smallest absolute Gasteiger partial charge is 0.335 e. The minimum absolute atomic E-state index is 0.0809. The van der Waals surface area contributed by atoms with Gasteiger partial charge in [0.1, 0.15) is 0 Å². The number of nitrogens with one attached hydrogen (secondary N) is 1. The van der Waals surface area contributed by atoms with Gasteiger partial charge in [-0.1, -0.05) is 11.6 Å². The van der Waals surface area contributed by atoms with E-state index in [0.29, 0.717) is 30.3 Å². The molecule has 1 heterocycles. The zero-order chi connectivity index (χ0) is 13.1. The second kappa shape index (κ2) is 5.37. The molecule has 1 aliphatic heterocycles. The Bertz CT molecular complexity index is 483. The van der Waals surface area contributed by atoms with Crippen LogP contribution in [0.4, 0.5) is 5.69 Å². The molecule has 18 heavy (non-hydrogen) atoms. The van der Waals surface area contributed by atoms with Gasteiger partial charge in [-0.15, -0.1) is 0 Å². The first kappa shape index (κ1) is 12.9. The van der Waals surface area contributed by atoms with E-state index < -0.39 is 5.97 Å². The molecule has 2 N–H and O–H groups in total. The van der Waals surface area contributed by atoms with Gasteiger partial charge >= 0.3 is 5.97 Å². The molecule has 1 aromatic rings. The van der Waals surface area contributed by atoms with E-state index in [9.17, 15) is 9.59 Å². The van der Waals surface area contributed by atoms with Crippen molar-refractivity contribution in [3.8, 4) is 0 Å². The maximum absolute atomic E-state index is 11.9. The van der Waals surface area contributed by atoms with Crippen molar-refractivity contribution >= 4 is 29.2 Å². The van der Waals surface area contributed by atoms with Gasteiger partial charge in [0.05, 0.1) is 28.8 Å². The van der Waals surface area contributed by atoms with Gasteiger partial charge < -0.3 is 15.2 Å². The molecular formula is C12H12ClNO4. The number of hydrogen-bond donors (Lipinski definition) is 2. The van der Waals surface area contributed by atoms with E-state index in [-0.39, 0.29) is 17.4 Å². The lowest BCUT2D eigenvalue weighted by atomic mass is 10.1. The fourth-order valence-electron chi connectivity index (χ4n) is 1.73. The summed E-state index contributed by atoms with van der Waals surface area (Å²) in [7, 11) is 0. The highest BCUT2D eigenvalue weighted by Crippen LogP contribution is 2.24. The lowest BCUT2D eigenvalue weighted by Gasteiger charge is -2.11. The van der Waals surface area contributed by atoms with E-state index >= 15 is 0 Å². The Morgan fingerprint density at radius 1 is 1.44 bits per heavy atom. The summed E-state index contributed by atoms with van der Waals surface area (Å²) in [5, 5.41) is 11.8. The van der Waals surface area contributed by atoms with Crippen molar-refractivity contribution in [3.63, 3.8) is 0 Å². The highest BCUT2D eigenvalue weighted by molar-refractivity contribution is 6.33.